The van der Waals surface area contributed by atoms with E-state index in [1.54, 1.807) is 0 Å². The number of rotatable bonds is 6. The van der Waals surface area contributed by atoms with Crippen LogP contribution in [0.1, 0.15) is 65.7 Å². The molecule has 0 bridgehead atoms. The highest BCUT2D eigenvalue weighted by Crippen LogP contribution is 2.42. The first-order valence-electron chi connectivity index (χ1n) is 7.99. The van der Waals surface area contributed by atoms with Crippen molar-refractivity contribution in [2.24, 2.45) is 23.7 Å². The average Bonchev–Trinajstić information content (AvgIpc) is 3.20. The minimum Gasteiger partial charge on any atom is -0.314 e. The zero-order valence-electron chi connectivity index (χ0n) is 12.0. The molecule has 2 unspecified atom stereocenters. The van der Waals surface area contributed by atoms with Crippen LogP contribution in [0, 0.1) is 23.7 Å². The number of nitrogens with one attached hydrogen (secondary N) is 1. The number of hydrogen-bond acceptors (Lipinski definition) is 1. The smallest absolute Gasteiger partial charge is 0.0123 e. The second-order valence-electron chi connectivity index (χ2n) is 6.47. The lowest BCUT2D eigenvalue weighted by Crippen LogP contribution is -2.43. The normalized spacial score (nSPS) is 33.4. The first kappa shape index (κ1) is 13.4. The molecule has 0 spiro atoms. The van der Waals surface area contributed by atoms with Crippen molar-refractivity contribution in [1.82, 2.24) is 5.32 Å². The van der Waals surface area contributed by atoms with Crippen LogP contribution in [-0.2, 0) is 0 Å². The van der Waals surface area contributed by atoms with Gasteiger partial charge in [0.15, 0.2) is 0 Å². The van der Waals surface area contributed by atoms with Crippen molar-refractivity contribution in [2.75, 3.05) is 6.54 Å². The largest absolute Gasteiger partial charge is 0.314 e. The topological polar surface area (TPSA) is 12.0 Å². The molecule has 0 saturated heterocycles. The average molecular weight is 237 g/mol. The predicted molar refractivity (Wildman–Crippen MR) is 75.1 cm³/mol. The Kier molecular flexibility index (Phi) is 4.90. The summed E-state index contributed by atoms with van der Waals surface area (Å²) in [5.41, 5.74) is 0. The Balaban J connectivity index is 1.87. The fraction of sp³-hybridized carbons (Fsp3) is 1.00. The Bertz CT molecular complexity index is 214. The molecule has 0 amide bonds. The number of hydrogen-bond donors (Lipinski definition) is 1. The minimum atomic E-state index is 0.810. The van der Waals surface area contributed by atoms with Crippen molar-refractivity contribution in [1.29, 1.82) is 0 Å². The van der Waals surface area contributed by atoms with Crippen LogP contribution in [0.2, 0.25) is 0 Å². The summed E-state index contributed by atoms with van der Waals surface area (Å²) in [5.74, 6) is 3.96. The van der Waals surface area contributed by atoms with Crippen molar-refractivity contribution < 1.29 is 0 Å². The van der Waals surface area contributed by atoms with E-state index < -0.39 is 0 Å². The molecule has 1 N–H and O–H groups in total. The molecule has 0 aromatic heterocycles. The molecule has 1 nitrogen and oxygen atoms in total. The zero-order valence-corrected chi connectivity index (χ0v) is 12.0. The molecule has 0 aliphatic heterocycles. The molecule has 2 rings (SSSR count). The first-order chi connectivity index (χ1) is 8.26. The van der Waals surface area contributed by atoms with E-state index in [0.29, 0.717) is 0 Å². The van der Waals surface area contributed by atoms with Gasteiger partial charge in [0.05, 0.1) is 0 Å². The van der Waals surface area contributed by atoms with Gasteiger partial charge in [-0.15, -0.1) is 0 Å². The van der Waals surface area contributed by atoms with E-state index in [-0.39, 0.29) is 0 Å². The van der Waals surface area contributed by atoms with E-state index in [9.17, 15) is 0 Å². The molecule has 0 heterocycles. The van der Waals surface area contributed by atoms with E-state index >= 15 is 0 Å². The van der Waals surface area contributed by atoms with E-state index in [4.69, 9.17) is 0 Å². The van der Waals surface area contributed by atoms with Crippen molar-refractivity contribution in [3.8, 4) is 0 Å². The van der Waals surface area contributed by atoms with E-state index in [1.165, 1.54) is 44.9 Å². The molecule has 2 aliphatic carbocycles. The van der Waals surface area contributed by atoms with Crippen LogP contribution in [0.5, 0.6) is 0 Å². The summed E-state index contributed by atoms with van der Waals surface area (Å²) in [6.45, 7) is 8.27. The van der Waals surface area contributed by atoms with Crippen LogP contribution < -0.4 is 5.32 Å². The monoisotopic (exact) mass is 237 g/mol. The van der Waals surface area contributed by atoms with Gasteiger partial charge >= 0.3 is 0 Å². The fourth-order valence-electron chi connectivity index (χ4n) is 3.89. The molecule has 0 aromatic carbocycles. The lowest BCUT2D eigenvalue weighted by atomic mass is 9.74. The Morgan fingerprint density at radius 2 is 1.53 bits per heavy atom. The maximum absolute atomic E-state index is 3.81. The molecule has 1 heteroatoms. The summed E-state index contributed by atoms with van der Waals surface area (Å²) in [5, 5.41) is 3.81. The maximum atomic E-state index is 3.81. The molecule has 2 saturated carbocycles. The quantitative estimate of drug-likeness (QED) is 0.729. The molecule has 0 aromatic rings. The third-order valence-corrected chi connectivity index (χ3v) is 5.35. The zero-order chi connectivity index (χ0) is 12.3. The third kappa shape index (κ3) is 3.47. The van der Waals surface area contributed by atoms with Gasteiger partial charge in [0, 0.05) is 6.04 Å². The van der Waals surface area contributed by atoms with Gasteiger partial charge in [-0.05, 0) is 55.9 Å². The van der Waals surface area contributed by atoms with Crippen LogP contribution in [-0.4, -0.2) is 12.6 Å². The Morgan fingerprint density at radius 3 is 2.00 bits per heavy atom. The van der Waals surface area contributed by atoms with Crippen LogP contribution in [0.3, 0.4) is 0 Å². The molecule has 2 aliphatic rings. The summed E-state index contributed by atoms with van der Waals surface area (Å²) in [4.78, 5) is 0. The highest BCUT2D eigenvalue weighted by atomic mass is 14.9. The van der Waals surface area contributed by atoms with Crippen LogP contribution in [0.15, 0.2) is 0 Å². The summed E-state index contributed by atoms with van der Waals surface area (Å²) in [7, 11) is 0. The second kappa shape index (κ2) is 6.22. The lowest BCUT2D eigenvalue weighted by Gasteiger charge is -2.37. The van der Waals surface area contributed by atoms with Crippen LogP contribution >= 0.6 is 0 Å². The molecule has 2 atom stereocenters. The van der Waals surface area contributed by atoms with Gasteiger partial charge in [-0.3, -0.25) is 0 Å². The molecule has 17 heavy (non-hydrogen) atoms. The van der Waals surface area contributed by atoms with Crippen molar-refractivity contribution in [2.45, 2.75) is 71.8 Å². The highest BCUT2D eigenvalue weighted by Gasteiger charge is 2.37. The van der Waals surface area contributed by atoms with Gasteiger partial charge in [-0.25, -0.2) is 0 Å². The summed E-state index contributed by atoms with van der Waals surface area (Å²) in [6, 6.07) is 0.810. The lowest BCUT2D eigenvalue weighted by molar-refractivity contribution is 0.173. The van der Waals surface area contributed by atoms with Gasteiger partial charge in [-0.1, -0.05) is 40.0 Å². The van der Waals surface area contributed by atoms with Crippen molar-refractivity contribution >= 4 is 0 Å². The van der Waals surface area contributed by atoms with E-state index in [0.717, 1.165) is 36.3 Å². The molecular formula is C16H31N. The molecular weight excluding hydrogens is 206 g/mol. The Hall–Kier alpha value is -0.0400. The maximum Gasteiger partial charge on any atom is 0.0123 e. The van der Waals surface area contributed by atoms with Crippen molar-refractivity contribution in [3.63, 3.8) is 0 Å². The molecule has 0 radical (unpaired) electrons. The fourth-order valence-corrected chi connectivity index (χ4v) is 3.89. The Labute approximate surface area is 108 Å². The first-order valence-corrected chi connectivity index (χ1v) is 7.99. The minimum absolute atomic E-state index is 0.810. The summed E-state index contributed by atoms with van der Waals surface area (Å²) in [6.07, 6.45) is 10.3. The van der Waals surface area contributed by atoms with Gasteiger partial charge in [0.1, 0.15) is 0 Å². The van der Waals surface area contributed by atoms with Crippen LogP contribution in [0.25, 0.3) is 0 Å². The van der Waals surface area contributed by atoms with Gasteiger partial charge in [0.2, 0.25) is 0 Å². The van der Waals surface area contributed by atoms with E-state index in [1.807, 2.05) is 0 Å². The molecule has 100 valence electrons. The SMILES string of the molecule is CCNC(C1CCC(CC)CC1)C(C)C1CC1. The molecule has 2 fully saturated rings. The van der Waals surface area contributed by atoms with Gasteiger partial charge in [-0.2, -0.15) is 0 Å². The third-order valence-electron chi connectivity index (χ3n) is 5.35. The van der Waals surface area contributed by atoms with Gasteiger partial charge in [0.25, 0.3) is 0 Å². The standard InChI is InChI=1S/C16H31N/c1-4-13-6-8-15(9-7-13)16(17-5-2)12(3)14-10-11-14/h12-17H,4-11H2,1-3H3. The highest BCUT2D eigenvalue weighted by molar-refractivity contribution is 4.91. The summed E-state index contributed by atoms with van der Waals surface area (Å²) >= 11 is 0. The summed E-state index contributed by atoms with van der Waals surface area (Å²) < 4.78 is 0. The van der Waals surface area contributed by atoms with Crippen LogP contribution in [0.4, 0.5) is 0 Å². The van der Waals surface area contributed by atoms with E-state index in [2.05, 4.69) is 26.1 Å². The van der Waals surface area contributed by atoms with Crippen molar-refractivity contribution in [3.05, 3.63) is 0 Å². The Morgan fingerprint density at radius 1 is 0.941 bits per heavy atom. The second-order valence-corrected chi connectivity index (χ2v) is 6.47. The predicted octanol–water partition coefficient (Wildman–Crippen LogP) is 4.23. The van der Waals surface area contributed by atoms with Gasteiger partial charge < -0.3 is 5.32 Å².